The normalized spacial score (nSPS) is 15.0. The van der Waals surface area contributed by atoms with E-state index in [9.17, 15) is 19.4 Å². The van der Waals surface area contributed by atoms with Crippen LogP contribution in [-0.2, 0) is 18.4 Å². The predicted octanol–water partition coefficient (Wildman–Crippen LogP) is 8.77. The number of aliphatic hydroxyl groups is 1. The standard InChI is InChI=1S/C37H73N2O6P/c1-6-8-10-12-14-16-17-18-19-20-21-23-24-26-28-30-36(40)35(34-45-46(42,43)44-33-32-39(3,4)5)38-37(41)31-29-27-25-22-15-13-11-9-7-2/h21,23,28,30,35-36,40H,6-20,22,24-27,29,31-34H2,1-5H3,(H-,38,41,42,43)/b23-21+,30-28+/t35-,36+/m0/s1. The maximum Gasteiger partial charge on any atom is 0.268 e. The van der Waals surface area contributed by atoms with E-state index in [4.69, 9.17) is 9.05 Å². The zero-order chi connectivity index (χ0) is 34.4. The van der Waals surface area contributed by atoms with Crippen LogP contribution >= 0.6 is 7.82 Å². The third-order valence-corrected chi connectivity index (χ3v) is 9.13. The lowest BCUT2D eigenvalue weighted by Crippen LogP contribution is -2.45. The second-order valence-electron chi connectivity index (χ2n) is 13.9. The summed E-state index contributed by atoms with van der Waals surface area (Å²) in [7, 11) is 1.24. The van der Waals surface area contributed by atoms with E-state index in [1.807, 2.05) is 27.2 Å². The summed E-state index contributed by atoms with van der Waals surface area (Å²) >= 11 is 0. The van der Waals surface area contributed by atoms with Gasteiger partial charge in [0.15, 0.2) is 0 Å². The summed E-state index contributed by atoms with van der Waals surface area (Å²) < 4.78 is 23.0. The van der Waals surface area contributed by atoms with Gasteiger partial charge in [-0.3, -0.25) is 9.36 Å². The van der Waals surface area contributed by atoms with Crippen LogP contribution in [0.1, 0.15) is 155 Å². The van der Waals surface area contributed by atoms with Crippen LogP contribution in [0.4, 0.5) is 0 Å². The fourth-order valence-electron chi connectivity index (χ4n) is 5.11. The number of carbonyl (C=O) groups is 1. The molecule has 3 atom stereocenters. The molecular weight excluding hydrogens is 599 g/mol. The molecule has 0 spiro atoms. The molecule has 0 bridgehead atoms. The van der Waals surface area contributed by atoms with Gasteiger partial charge in [-0.1, -0.05) is 141 Å². The van der Waals surface area contributed by atoms with Crippen molar-refractivity contribution in [3.63, 3.8) is 0 Å². The fourth-order valence-corrected chi connectivity index (χ4v) is 5.83. The lowest BCUT2D eigenvalue weighted by atomic mass is 10.1. The first kappa shape index (κ1) is 45.0. The number of hydrogen-bond donors (Lipinski definition) is 2. The minimum atomic E-state index is -4.58. The maximum atomic E-state index is 12.7. The van der Waals surface area contributed by atoms with Crippen molar-refractivity contribution < 1.29 is 32.9 Å². The number of carbonyl (C=O) groups excluding carboxylic acids is 1. The molecule has 0 aromatic carbocycles. The van der Waals surface area contributed by atoms with Gasteiger partial charge >= 0.3 is 0 Å². The highest BCUT2D eigenvalue weighted by Crippen LogP contribution is 2.38. The number of allylic oxidation sites excluding steroid dienone is 3. The first-order valence-corrected chi connectivity index (χ1v) is 20.2. The number of amides is 1. The molecule has 0 saturated carbocycles. The van der Waals surface area contributed by atoms with Gasteiger partial charge < -0.3 is 28.8 Å². The number of rotatable bonds is 33. The van der Waals surface area contributed by atoms with E-state index in [1.165, 1.54) is 96.3 Å². The second kappa shape index (κ2) is 30.1. The number of aliphatic hydroxyl groups excluding tert-OH is 1. The molecule has 0 saturated heterocycles. The molecule has 0 aliphatic rings. The van der Waals surface area contributed by atoms with Gasteiger partial charge in [0.05, 0.1) is 39.9 Å². The summed E-state index contributed by atoms with van der Waals surface area (Å²) in [6.45, 7) is 4.57. The van der Waals surface area contributed by atoms with Gasteiger partial charge in [0.1, 0.15) is 13.2 Å². The summed E-state index contributed by atoms with van der Waals surface area (Å²) in [5.74, 6) is -0.213. The quantitative estimate of drug-likeness (QED) is 0.0312. The lowest BCUT2D eigenvalue weighted by Gasteiger charge is -2.29. The molecule has 0 radical (unpaired) electrons. The monoisotopic (exact) mass is 673 g/mol. The van der Waals surface area contributed by atoms with E-state index in [2.05, 4.69) is 31.3 Å². The van der Waals surface area contributed by atoms with Crippen molar-refractivity contribution in [1.82, 2.24) is 5.32 Å². The highest BCUT2D eigenvalue weighted by Gasteiger charge is 2.23. The molecule has 1 unspecified atom stereocenters. The van der Waals surface area contributed by atoms with E-state index in [0.29, 0.717) is 17.4 Å². The van der Waals surface area contributed by atoms with Gasteiger partial charge in [-0.05, 0) is 32.1 Å². The van der Waals surface area contributed by atoms with Gasteiger partial charge in [-0.2, -0.15) is 0 Å². The third-order valence-electron chi connectivity index (χ3n) is 8.16. The summed E-state index contributed by atoms with van der Waals surface area (Å²) in [5.41, 5.74) is 0. The Morgan fingerprint density at radius 2 is 1.22 bits per heavy atom. The SMILES string of the molecule is CCCCCCCCCCC/C=C/CC/C=C/[C@@H](O)[C@H](COP(=O)([O-])OCC[N+](C)(C)C)NC(=O)CCCCCCCCCCC. The van der Waals surface area contributed by atoms with Crippen molar-refractivity contribution in [3.8, 4) is 0 Å². The number of unbranched alkanes of at least 4 members (excludes halogenated alkanes) is 18. The summed E-state index contributed by atoms with van der Waals surface area (Å²) in [5, 5.41) is 13.6. The fraction of sp³-hybridized carbons (Fsp3) is 0.865. The van der Waals surface area contributed by atoms with Crippen LogP contribution in [0.15, 0.2) is 24.3 Å². The highest BCUT2D eigenvalue weighted by atomic mass is 31.2. The van der Waals surface area contributed by atoms with Crippen molar-refractivity contribution in [2.24, 2.45) is 0 Å². The largest absolute Gasteiger partial charge is 0.756 e. The summed E-state index contributed by atoms with van der Waals surface area (Å²) in [4.78, 5) is 25.0. The number of nitrogens with one attached hydrogen (secondary N) is 1. The van der Waals surface area contributed by atoms with Gasteiger partial charge in [-0.15, -0.1) is 0 Å². The molecular formula is C37H73N2O6P. The molecule has 0 rings (SSSR count). The molecule has 0 aliphatic heterocycles. The van der Waals surface area contributed by atoms with Gasteiger partial charge in [0.25, 0.3) is 7.82 Å². The summed E-state index contributed by atoms with van der Waals surface area (Å²) in [6.07, 6.45) is 32.2. The Hall–Kier alpha value is -1.02. The Bertz CT molecular complexity index is 814. The van der Waals surface area contributed by atoms with E-state index >= 15 is 0 Å². The lowest BCUT2D eigenvalue weighted by molar-refractivity contribution is -0.870. The number of phosphoric ester groups is 1. The number of hydrogen-bond acceptors (Lipinski definition) is 6. The highest BCUT2D eigenvalue weighted by molar-refractivity contribution is 7.45. The van der Waals surface area contributed by atoms with Gasteiger partial charge in [-0.25, -0.2) is 0 Å². The second-order valence-corrected chi connectivity index (χ2v) is 15.3. The predicted molar refractivity (Wildman–Crippen MR) is 192 cm³/mol. The number of nitrogens with zero attached hydrogens (tertiary/aromatic N) is 1. The third kappa shape index (κ3) is 31.6. The van der Waals surface area contributed by atoms with Gasteiger partial charge in [0.2, 0.25) is 5.91 Å². The molecule has 8 nitrogen and oxygen atoms in total. The molecule has 0 aromatic heterocycles. The molecule has 2 N–H and O–H groups in total. The van der Waals surface area contributed by atoms with Crippen LogP contribution in [0.3, 0.4) is 0 Å². The van der Waals surface area contributed by atoms with Crippen LogP contribution < -0.4 is 10.2 Å². The number of phosphoric acid groups is 1. The average molecular weight is 673 g/mol. The molecule has 9 heteroatoms. The van der Waals surface area contributed by atoms with Crippen LogP contribution in [0.5, 0.6) is 0 Å². The molecule has 0 aliphatic carbocycles. The van der Waals surface area contributed by atoms with Crippen LogP contribution in [-0.4, -0.2) is 68.5 Å². The minimum Gasteiger partial charge on any atom is -0.756 e. The molecule has 272 valence electrons. The molecule has 1 amide bonds. The zero-order valence-electron chi connectivity index (χ0n) is 30.5. The van der Waals surface area contributed by atoms with Crippen molar-refractivity contribution in [2.45, 2.75) is 167 Å². The van der Waals surface area contributed by atoms with Crippen molar-refractivity contribution in [3.05, 3.63) is 24.3 Å². The Morgan fingerprint density at radius 1 is 0.739 bits per heavy atom. The van der Waals surface area contributed by atoms with Crippen LogP contribution in [0.25, 0.3) is 0 Å². The maximum absolute atomic E-state index is 12.7. The zero-order valence-corrected chi connectivity index (χ0v) is 31.4. The van der Waals surface area contributed by atoms with E-state index in [0.717, 1.165) is 38.5 Å². The Morgan fingerprint density at radius 3 is 1.76 bits per heavy atom. The van der Waals surface area contributed by atoms with Crippen molar-refractivity contribution in [2.75, 3.05) is 40.9 Å². The van der Waals surface area contributed by atoms with Crippen molar-refractivity contribution >= 4 is 13.7 Å². The molecule has 0 fully saturated rings. The minimum absolute atomic E-state index is 0.00495. The van der Waals surface area contributed by atoms with Crippen molar-refractivity contribution in [1.29, 1.82) is 0 Å². The molecule has 0 aromatic rings. The van der Waals surface area contributed by atoms with E-state index < -0.39 is 26.6 Å². The number of likely N-dealkylation sites (N-methyl/N-ethyl adjacent to an activating group) is 1. The van der Waals surface area contributed by atoms with E-state index in [-0.39, 0.29) is 12.5 Å². The Kier molecular flexibility index (Phi) is 29.4. The van der Waals surface area contributed by atoms with Crippen LogP contribution in [0.2, 0.25) is 0 Å². The van der Waals surface area contributed by atoms with Crippen LogP contribution in [0, 0.1) is 0 Å². The number of quaternary nitrogens is 1. The van der Waals surface area contributed by atoms with Gasteiger partial charge in [0, 0.05) is 6.42 Å². The summed E-state index contributed by atoms with van der Waals surface area (Å²) in [6, 6.07) is -0.895. The molecule has 0 heterocycles. The topological polar surface area (TPSA) is 108 Å². The first-order chi connectivity index (χ1) is 22.0. The van der Waals surface area contributed by atoms with E-state index in [1.54, 1.807) is 6.08 Å². The first-order valence-electron chi connectivity index (χ1n) is 18.7. The average Bonchev–Trinajstić information content (AvgIpc) is 2.99. The smallest absolute Gasteiger partial charge is 0.268 e. The molecule has 46 heavy (non-hydrogen) atoms. The Balaban J connectivity index is 4.59. The Labute approximate surface area is 284 Å².